The number of cyclic esters (lactones) is 1. The summed E-state index contributed by atoms with van der Waals surface area (Å²) in [5.74, 6) is -0.362. The minimum absolute atomic E-state index is 0.315. The summed E-state index contributed by atoms with van der Waals surface area (Å²) < 4.78 is 27.2. The highest BCUT2D eigenvalue weighted by Gasteiger charge is 2.33. The molecule has 0 bridgehead atoms. The molecule has 3 heterocycles. The van der Waals surface area contributed by atoms with Gasteiger partial charge in [0.2, 0.25) is 0 Å². The van der Waals surface area contributed by atoms with Crippen LogP contribution in [0.25, 0.3) is 11.3 Å². The van der Waals surface area contributed by atoms with E-state index >= 15 is 0 Å². The molecule has 9 heteroatoms. The maximum atomic E-state index is 14.7. The molecule has 0 aliphatic carbocycles. The quantitative estimate of drug-likeness (QED) is 0.628. The number of carbonyl (C=O) groups excluding carboxylic acids is 1. The van der Waals surface area contributed by atoms with Crippen LogP contribution in [0.4, 0.5) is 20.6 Å². The van der Waals surface area contributed by atoms with E-state index in [0.29, 0.717) is 50.8 Å². The van der Waals surface area contributed by atoms with Crippen molar-refractivity contribution in [2.75, 3.05) is 42.6 Å². The SMILES string of the molecule is O=C1O[C@@H](Cn2cc(-c3ccccc3)nn2)CN1c1ccc(N2CCOCC2)c(F)c1. The number of carbonyl (C=O) groups is 1. The fourth-order valence-corrected chi connectivity index (χ4v) is 3.89. The van der Waals surface area contributed by atoms with Crippen molar-refractivity contribution >= 4 is 17.5 Å². The molecule has 3 aromatic rings. The number of amides is 1. The number of aromatic nitrogens is 3. The van der Waals surface area contributed by atoms with Gasteiger partial charge in [-0.2, -0.15) is 0 Å². The van der Waals surface area contributed by atoms with E-state index in [-0.39, 0.29) is 5.82 Å². The zero-order valence-electron chi connectivity index (χ0n) is 16.9. The summed E-state index contributed by atoms with van der Waals surface area (Å²) in [4.78, 5) is 15.8. The molecule has 5 rings (SSSR count). The number of anilines is 2. The first kappa shape index (κ1) is 19.5. The van der Waals surface area contributed by atoms with Gasteiger partial charge in [0.25, 0.3) is 0 Å². The van der Waals surface area contributed by atoms with Crippen molar-refractivity contribution in [2.24, 2.45) is 0 Å². The molecule has 0 unspecified atom stereocenters. The lowest BCUT2D eigenvalue weighted by atomic mass is 10.2. The zero-order chi connectivity index (χ0) is 21.2. The van der Waals surface area contributed by atoms with E-state index in [1.54, 1.807) is 16.8 Å². The summed E-state index contributed by atoms with van der Waals surface area (Å²) in [6, 6.07) is 14.6. The first-order valence-corrected chi connectivity index (χ1v) is 10.2. The van der Waals surface area contributed by atoms with E-state index in [0.717, 1.165) is 11.3 Å². The zero-order valence-corrected chi connectivity index (χ0v) is 16.9. The second-order valence-electron chi connectivity index (χ2n) is 7.54. The van der Waals surface area contributed by atoms with Crippen LogP contribution in [0.2, 0.25) is 0 Å². The van der Waals surface area contributed by atoms with Crippen LogP contribution in [0.15, 0.2) is 54.7 Å². The van der Waals surface area contributed by atoms with Gasteiger partial charge >= 0.3 is 6.09 Å². The average Bonchev–Trinajstić information content (AvgIpc) is 3.41. The first-order chi connectivity index (χ1) is 15.2. The van der Waals surface area contributed by atoms with Gasteiger partial charge in [0, 0.05) is 18.7 Å². The van der Waals surface area contributed by atoms with E-state index in [4.69, 9.17) is 9.47 Å². The minimum Gasteiger partial charge on any atom is -0.442 e. The fraction of sp³-hybridized carbons (Fsp3) is 0.318. The molecule has 160 valence electrons. The lowest BCUT2D eigenvalue weighted by Crippen LogP contribution is -2.36. The largest absolute Gasteiger partial charge is 0.442 e. The molecule has 0 radical (unpaired) electrons. The molecule has 2 aliphatic heterocycles. The van der Waals surface area contributed by atoms with E-state index < -0.39 is 12.2 Å². The van der Waals surface area contributed by atoms with E-state index in [9.17, 15) is 9.18 Å². The Morgan fingerprint density at radius 3 is 2.68 bits per heavy atom. The third-order valence-corrected chi connectivity index (χ3v) is 5.47. The highest BCUT2D eigenvalue weighted by atomic mass is 19.1. The van der Waals surface area contributed by atoms with Crippen molar-refractivity contribution in [2.45, 2.75) is 12.6 Å². The Morgan fingerprint density at radius 2 is 1.90 bits per heavy atom. The first-order valence-electron chi connectivity index (χ1n) is 10.2. The van der Waals surface area contributed by atoms with Gasteiger partial charge in [-0.3, -0.25) is 4.90 Å². The van der Waals surface area contributed by atoms with Crippen molar-refractivity contribution in [3.8, 4) is 11.3 Å². The Bertz CT molecular complexity index is 1070. The van der Waals surface area contributed by atoms with E-state index in [2.05, 4.69) is 10.3 Å². The summed E-state index contributed by atoms with van der Waals surface area (Å²) in [5, 5.41) is 8.32. The number of rotatable bonds is 5. The Hall–Kier alpha value is -3.46. The van der Waals surface area contributed by atoms with Crippen molar-refractivity contribution in [3.63, 3.8) is 0 Å². The molecule has 0 spiro atoms. The number of hydrogen-bond donors (Lipinski definition) is 0. The maximum Gasteiger partial charge on any atom is 0.414 e. The molecule has 0 saturated carbocycles. The summed E-state index contributed by atoms with van der Waals surface area (Å²) in [5.41, 5.74) is 2.72. The molecule has 2 saturated heterocycles. The molecule has 0 N–H and O–H groups in total. The third kappa shape index (κ3) is 4.09. The standard InChI is InChI=1S/C22H22FN5O3/c23-19-12-17(6-7-21(19)26-8-10-30-11-9-26)28-14-18(31-22(28)29)13-27-15-20(24-25-27)16-4-2-1-3-5-16/h1-7,12,15,18H,8-11,13-14H2/t18-/m0/s1. The molecule has 2 aromatic carbocycles. The summed E-state index contributed by atoms with van der Waals surface area (Å²) in [6.45, 7) is 3.14. The van der Waals surface area contributed by atoms with Crippen LogP contribution in [0.5, 0.6) is 0 Å². The molecular formula is C22H22FN5O3. The van der Waals surface area contributed by atoms with Crippen LogP contribution in [0.1, 0.15) is 0 Å². The fourth-order valence-electron chi connectivity index (χ4n) is 3.89. The second-order valence-corrected chi connectivity index (χ2v) is 7.54. The number of halogens is 1. The number of morpholine rings is 1. The topological polar surface area (TPSA) is 72.7 Å². The number of ether oxygens (including phenoxy) is 2. The van der Waals surface area contributed by atoms with Gasteiger partial charge in [-0.05, 0) is 18.2 Å². The lowest BCUT2D eigenvalue weighted by molar-refractivity contribution is 0.122. The van der Waals surface area contributed by atoms with Crippen molar-refractivity contribution in [1.82, 2.24) is 15.0 Å². The third-order valence-electron chi connectivity index (χ3n) is 5.47. The predicted octanol–water partition coefficient (Wildman–Crippen LogP) is 2.95. The van der Waals surface area contributed by atoms with Gasteiger partial charge in [-0.15, -0.1) is 5.10 Å². The van der Waals surface area contributed by atoms with Crippen LogP contribution in [-0.2, 0) is 16.0 Å². The number of benzene rings is 2. The Balaban J connectivity index is 1.26. The maximum absolute atomic E-state index is 14.7. The molecule has 2 aliphatic rings. The summed E-state index contributed by atoms with van der Waals surface area (Å²) >= 11 is 0. The normalized spacial score (nSPS) is 19.0. The molecule has 8 nitrogen and oxygen atoms in total. The Morgan fingerprint density at radius 1 is 1.10 bits per heavy atom. The highest BCUT2D eigenvalue weighted by molar-refractivity contribution is 5.90. The van der Waals surface area contributed by atoms with Crippen LogP contribution < -0.4 is 9.80 Å². The van der Waals surface area contributed by atoms with E-state index in [1.807, 2.05) is 41.4 Å². The van der Waals surface area contributed by atoms with Gasteiger partial charge in [-0.1, -0.05) is 35.5 Å². The number of nitrogens with zero attached hydrogens (tertiary/aromatic N) is 5. The van der Waals surface area contributed by atoms with Gasteiger partial charge in [0.05, 0.1) is 43.9 Å². The second kappa shape index (κ2) is 8.35. The van der Waals surface area contributed by atoms with Crippen molar-refractivity contribution in [3.05, 3.63) is 60.5 Å². The highest BCUT2D eigenvalue weighted by Crippen LogP contribution is 2.28. The number of hydrogen-bond acceptors (Lipinski definition) is 6. The molecule has 2 fully saturated rings. The molecular weight excluding hydrogens is 401 g/mol. The van der Waals surface area contributed by atoms with Gasteiger partial charge in [0.1, 0.15) is 17.6 Å². The van der Waals surface area contributed by atoms with Crippen molar-refractivity contribution in [1.29, 1.82) is 0 Å². The van der Waals surface area contributed by atoms with Crippen LogP contribution in [0, 0.1) is 5.82 Å². The van der Waals surface area contributed by atoms with Gasteiger partial charge in [0.15, 0.2) is 0 Å². The van der Waals surface area contributed by atoms with E-state index in [1.165, 1.54) is 11.0 Å². The molecule has 1 atom stereocenters. The molecule has 1 aromatic heterocycles. The summed E-state index contributed by atoms with van der Waals surface area (Å²) in [6.07, 6.45) is 0.925. The minimum atomic E-state index is -0.494. The van der Waals surface area contributed by atoms with Crippen LogP contribution in [0.3, 0.4) is 0 Å². The summed E-state index contributed by atoms with van der Waals surface area (Å²) in [7, 11) is 0. The van der Waals surface area contributed by atoms with Gasteiger partial charge < -0.3 is 14.4 Å². The van der Waals surface area contributed by atoms with Crippen LogP contribution in [-0.4, -0.2) is 60.0 Å². The average molecular weight is 423 g/mol. The monoisotopic (exact) mass is 423 g/mol. The molecule has 31 heavy (non-hydrogen) atoms. The Labute approximate surface area is 178 Å². The molecule has 1 amide bonds. The lowest BCUT2D eigenvalue weighted by Gasteiger charge is -2.29. The Kier molecular flexibility index (Phi) is 5.25. The van der Waals surface area contributed by atoms with Crippen LogP contribution >= 0.6 is 0 Å². The van der Waals surface area contributed by atoms with Gasteiger partial charge in [-0.25, -0.2) is 13.9 Å². The van der Waals surface area contributed by atoms with Crippen molar-refractivity contribution < 1.29 is 18.7 Å². The smallest absolute Gasteiger partial charge is 0.414 e. The predicted molar refractivity (Wildman–Crippen MR) is 113 cm³/mol.